The molecule has 1 atom stereocenters. The maximum atomic E-state index is 11.8. The molecule has 0 radical (unpaired) electrons. The van der Waals surface area contributed by atoms with Gasteiger partial charge in [-0.15, -0.1) is 0 Å². The summed E-state index contributed by atoms with van der Waals surface area (Å²) in [6, 6.07) is 2.51. The number of ether oxygens (including phenoxy) is 1. The second kappa shape index (κ2) is 7.00. The molecular formula is C12H16N2O3S. The summed E-state index contributed by atoms with van der Waals surface area (Å²) in [6.45, 7) is 3.49. The Balaban J connectivity index is 2.64. The van der Waals surface area contributed by atoms with Gasteiger partial charge in [-0.2, -0.15) is 12.6 Å². The molecule has 0 spiro atoms. The van der Waals surface area contributed by atoms with Crippen molar-refractivity contribution in [1.82, 2.24) is 10.3 Å². The van der Waals surface area contributed by atoms with E-state index in [0.717, 1.165) is 0 Å². The third-order valence-corrected chi connectivity index (χ3v) is 2.41. The Labute approximate surface area is 111 Å². The summed E-state index contributed by atoms with van der Waals surface area (Å²) in [5.41, 5.74) is 0.390. The SMILES string of the molecule is CC(C)OC(=O)[C@H](CS)NC(=O)c1cccnc1. The highest BCUT2D eigenvalue weighted by atomic mass is 32.1. The Kier molecular flexibility index (Phi) is 5.64. The van der Waals surface area contributed by atoms with E-state index in [1.807, 2.05) is 0 Å². The third kappa shape index (κ3) is 4.37. The van der Waals surface area contributed by atoms with Crippen molar-refractivity contribution in [2.75, 3.05) is 5.75 Å². The number of aromatic nitrogens is 1. The van der Waals surface area contributed by atoms with Crippen molar-refractivity contribution < 1.29 is 14.3 Å². The second-order valence-corrected chi connectivity index (χ2v) is 4.30. The van der Waals surface area contributed by atoms with Crippen molar-refractivity contribution in [3.63, 3.8) is 0 Å². The first-order chi connectivity index (χ1) is 8.54. The van der Waals surface area contributed by atoms with Crippen LogP contribution >= 0.6 is 12.6 Å². The maximum Gasteiger partial charge on any atom is 0.329 e. The number of hydrogen-bond donors (Lipinski definition) is 2. The van der Waals surface area contributed by atoms with E-state index in [1.165, 1.54) is 6.20 Å². The van der Waals surface area contributed by atoms with Gasteiger partial charge in [0.2, 0.25) is 0 Å². The zero-order valence-electron chi connectivity index (χ0n) is 10.3. The van der Waals surface area contributed by atoms with Gasteiger partial charge in [0.1, 0.15) is 6.04 Å². The summed E-state index contributed by atoms with van der Waals surface area (Å²) in [6.07, 6.45) is 2.77. The van der Waals surface area contributed by atoms with Gasteiger partial charge >= 0.3 is 5.97 Å². The second-order valence-electron chi connectivity index (χ2n) is 3.94. The molecular weight excluding hydrogens is 252 g/mol. The summed E-state index contributed by atoms with van der Waals surface area (Å²) < 4.78 is 5.02. The van der Waals surface area contributed by atoms with Gasteiger partial charge in [0, 0.05) is 18.1 Å². The first kappa shape index (κ1) is 14.5. The van der Waals surface area contributed by atoms with Crippen LogP contribution in [0, 0.1) is 0 Å². The number of carbonyl (C=O) groups is 2. The standard InChI is InChI=1S/C12H16N2O3S/c1-8(2)17-12(16)10(7-18)14-11(15)9-4-3-5-13-6-9/h3-6,8,10,18H,7H2,1-2H3,(H,14,15)/t10-/m0/s1. The minimum absolute atomic E-state index is 0.178. The molecule has 0 bridgehead atoms. The largest absolute Gasteiger partial charge is 0.461 e. The maximum absolute atomic E-state index is 11.8. The van der Waals surface area contributed by atoms with Crippen LogP contribution in [0.2, 0.25) is 0 Å². The van der Waals surface area contributed by atoms with Gasteiger partial charge in [-0.3, -0.25) is 9.78 Å². The zero-order valence-corrected chi connectivity index (χ0v) is 11.2. The number of nitrogens with zero attached hydrogens (tertiary/aromatic N) is 1. The van der Waals surface area contributed by atoms with E-state index in [4.69, 9.17) is 4.74 Å². The van der Waals surface area contributed by atoms with Crippen LogP contribution in [0.15, 0.2) is 24.5 Å². The van der Waals surface area contributed by atoms with E-state index in [9.17, 15) is 9.59 Å². The molecule has 1 amide bonds. The molecule has 18 heavy (non-hydrogen) atoms. The van der Waals surface area contributed by atoms with E-state index in [1.54, 1.807) is 32.2 Å². The number of esters is 1. The normalized spacial score (nSPS) is 12.0. The van der Waals surface area contributed by atoms with Crippen LogP contribution in [0.25, 0.3) is 0 Å². The molecule has 1 N–H and O–H groups in total. The molecule has 1 aromatic rings. The third-order valence-electron chi connectivity index (χ3n) is 2.05. The van der Waals surface area contributed by atoms with Crippen LogP contribution in [0.5, 0.6) is 0 Å². The van der Waals surface area contributed by atoms with E-state index in [0.29, 0.717) is 5.56 Å². The Bertz CT molecular complexity index is 409. The number of hydrogen-bond acceptors (Lipinski definition) is 5. The molecule has 1 rings (SSSR count). The Morgan fingerprint density at radius 3 is 2.72 bits per heavy atom. The average molecular weight is 268 g/mol. The van der Waals surface area contributed by atoms with Gasteiger partial charge in [0.15, 0.2) is 0 Å². The smallest absolute Gasteiger partial charge is 0.329 e. The molecule has 0 fully saturated rings. The van der Waals surface area contributed by atoms with Crippen molar-refractivity contribution in [3.8, 4) is 0 Å². The lowest BCUT2D eigenvalue weighted by atomic mass is 10.2. The van der Waals surface area contributed by atoms with Crippen molar-refractivity contribution in [2.24, 2.45) is 0 Å². The number of amides is 1. The summed E-state index contributed by atoms with van der Waals surface area (Å²) >= 11 is 4.03. The zero-order chi connectivity index (χ0) is 13.5. The Morgan fingerprint density at radius 1 is 1.50 bits per heavy atom. The van der Waals surface area contributed by atoms with Gasteiger partial charge in [-0.05, 0) is 26.0 Å². The number of rotatable bonds is 5. The van der Waals surface area contributed by atoms with Crippen molar-refractivity contribution >= 4 is 24.5 Å². The van der Waals surface area contributed by atoms with Gasteiger partial charge in [0.25, 0.3) is 5.91 Å². The predicted octanol–water partition coefficient (Wildman–Crippen LogP) is 1.06. The molecule has 1 aromatic heterocycles. The Morgan fingerprint density at radius 2 is 2.22 bits per heavy atom. The van der Waals surface area contributed by atoms with E-state index in [-0.39, 0.29) is 17.8 Å². The summed E-state index contributed by atoms with van der Waals surface area (Å²) in [4.78, 5) is 27.3. The van der Waals surface area contributed by atoms with Crippen molar-refractivity contribution in [3.05, 3.63) is 30.1 Å². The van der Waals surface area contributed by atoms with Crippen LogP contribution in [0.1, 0.15) is 24.2 Å². The molecule has 0 aliphatic heterocycles. The highest BCUT2D eigenvalue weighted by Gasteiger charge is 2.22. The fourth-order valence-corrected chi connectivity index (χ4v) is 1.47. The minimum atomic E-state index is -0.761. The number of nitrogens with one attached hydrogen (secondary N) is 1. The monoisotopic (exact) mass is 268 g/mol. The predicted molar refractivity (Wildman–Crippen MR) is 70.6 cm³/mol. The Hall–Kier alpha value is -1.56. The first-order valence-electron chi connectivity index (χ1n) is 5.57. The summed E-state index contributed by atoms with van der Waals surface area (Å²) in [5.74, 6) is -0.683. The summed E-state index contributed by atoms with van der Waals surface area (Å²) in [7, 11) is 0. The molecule has 1 heterocycles. The molecule has 0 saturated carbocycles. The quantitative estimate of drug-likeness (QED) is 0.619. The average Bonchev–Trinajstić information content (AvgIpc) is 2.35. The minimum Gasteiger partial charge on any atom is -0.461 e. The molecule has 6 heteroatoms. The van der Waals surface area contributed by atoms with Crippen LogP contribution in [0.4, 0.5) is 0 Å². The molecule has 0 aliphatic carbocycles. The first-order valence-corrected chi connectivity index (χ1v) is 6.20. The molecule has 0 unspecified atom stereocenters. The number of thiol groups is 1. The highest BCUT2D eigenvalue weighted by molar-refractivity contribution is 7.80. The topological polar surface area (TPSA) is 68.3 Å². The number of pyridine rings is 1. The van der Waals surface area contributed by atoms with E-state index >= 15 is 0 Å². The summed E-state index contributed by atoms with van der Waals surface area (Å²) in [5, 5.41) is 2.56. The van der Waals surface area contributed by atoms with Gasteiger partial charge < -0.3 is 10.1 Å². The van der Waals surface area contributed by atoms with Crippen LogP contribution in [-0.2, 0) is 9.53 Å². The van der Waals surface area contributed by atoms with Crippen molar-refractivity contribution in [1.29, 1.82) is 0 Å². The van der Waals surface area contributed by atoms with E-state index in [2.05, 4.69) is 22.9 Å². The lowest BCUT2D eigenvalue weighted by Gasteiger charge is -2.17. The van der Waals surface area contributed by atoms with Crippen molar-refractivity contribution in [2.45, 2.75) is 26.0 Å². The highest BCUT2D eigenvalue weighted by Crippen LogP contribution is 2.01. The van der Waals surface area contributed by atoms with Gasteiger partial charge in [-0.1, -0.05) is 0 Å². The lowest BCUT2D eigenvalue weighted by Crippen LogP contribution is -2.43. The molecule has 0 saturated heterocycles. The van der Waals surface area contributed by atoms with Crippen LogP contribution < -0.4 is 5.32 Å². The van der Waals surface area contributed by atoms with Crippen LogP contribution in [-0.4, -0.2) is 34.8 Å². The van der Waals surface area contributed by atoms with Gasteiger partial charge in [-0.25, -0.2) is 4.79 Å². The van der Waals surface area contributed by atoms with Gasteiger partial charge in [0.05, 0.1) is 11.7 Å². The fraction of sp³-hybridized carbons (Fsp3) is 0.417. The lowest BCUT2D eigenvalue weighted by molar-refractivity contribution is -0.149. The molecule has 5 nitrogen and oxygen atoms in total. The molecule has 98 valence electrons. The van der Waals surface area contributed by atoms with E-state index < -0.39 is 12.0 Å². The molecule has 0 aliphatic rings. The number of carbonyl (C=O) groups excluding carboxylic acids is 2. The van der Waals surface area contributed by atoms with Crippen LogP contribution in [0.3, 0.4) is 0 Å². The molecule has 0 aromatic carbocycles. The fourth-order valence-electron chi connectivity index (χ4n) is 1.23.